The number of nitrogens with zero attached hydrogens (tertiary/aromatic N) is 1. The zero-order valence-electron chi connectivity index (χ0n) is 8.67. The van der Waals surface area contributed by atoms with Crippen LogP contribution in [0.25, 0.3) is 0 Å². The number of hydrogen-bond acceptors (Lipinski definition) is 4. The minimum absolute atomic E-state index is 0.0352. The standard InChI is InChI=1S/C10H12N2O3S/c1-15-6-2-3-7(8(16)4-6)12-9(11)5-10(13)14/h2-4,16H,5H2,1H3,(H2,11,12)(H,13,14). The molecule has 5 nitrogen and oxygen atoms in total. The molecule has 1 aromatic rings. The molecule has 1 aromatic carbocycles. The van der Waals surface area contributed by atoms with Crippen LogP contribution in [0.3, 0.4) is 0 Å². The van der Waals surface area contributed by atoms with E-state index in [1.807, 2.05) is 0 Å². The largest absolute Gasteiger partial charge is 0.497 e. The summed E-state index contributed by atoms with van der Waals surface area (Å²) in [4.78, 5) is 14.9. The molecule has 0 atom stereocenters. The van der Waals surface area contributed by atoms with E-state index in [1.54, 1.807) is 25.3 Å². The van der Waals surface area contributed by atoms with Crippen LogP contribution in [0.15, 0.2) is 28.1 Å². The Kier molecular flexibility index (Phi) is 4.19. The van der Waals surface area contributed by atoms with Crippen LogP contribution in [0, 0.1) is 0 Å². The van der Waals surface area contributed by atoms with Crippen LogP contribution in [0.5, 0.6) is 5.75 Å². The van der Waals surface area contributed by atoms with Gasteiger partial charge in [-0.05, 0) is 18.2 Å². The van der Waals surface area contributed by atoms with Crippen molar-refractivity contribution in [2.24, 2.45) is 10.7 Å². The van der Waals surface area contributed by atoms with Gasteiger partial charge < -0.3 is 15.6 Å². The van der Waals surface area contributed by atoms with Gasteiger partial charge in [-0.2, -0.15) is 0 Å². The summed E-state index contributed by atoms with van der Waals surface area (Å²) in [5, 5.41) is 8.51. The molecule has 3 N–H and O–H groups in total. The highest BCUT2D eigenvalue weighted by Crippen LogP contribution is 2.27. The third-order valence-electron chi connectivity index (χ3n) is 1.78. The van der Waals surface area contributed by atoms with E-state index < -0.39 is 5.97 Å². The number of carboxylic acid groups (broad SMARTS) is 1. The number of hydrogen-bond donors (Lipinski definition) is 3. The van der Waals surface area contributed by atoms with Crippen molar-refractivity contribution in [1.82, 2.24) is 0 Å². The lowest BCUT2D eigenvalue weighted by atomic mass is 10.3. The van der Waals surface area contributed by atoms with E-state index in [0.717, 1.165) is 0 Å². The van der Waals surface area contributed by atoms with Gasteiger partial charge in [0.05, 0.1) is 12.8 Å². The fourth-order valence-electron chi connectivity index (χ4n) is 1.07. The lowest BCUT2D eigenvalue weighted by molar-refractivity contribution is -0.135. The van der Waals surface area contributed by atoms with E-state index in [4.69, 9.17) is 15.6 Å². The first kappa shape index (κ1) is 12.4. The Bertz CT molecular complexity index is 432. The molecular weight excluding hydrogens is 228 g/mol. The molecule has 0 saturated heterocycles. The quantitative estimate of drug-likeness (QED) is 0.422. The number of thiol groups is 1. The van der Waals surface area contributed by atoms with Crippen LogP contribution >= 0.6 is 12.6 Å². The van der Waals surface area contributed by atoms with Gasteiger partial charge in [-0.3, -0.25) is 4.79 Å². The molecule has 86 valence electrons. The van der Waals surface area contributed by atoms with Crippen LogP contribution in [0.4, 0.5) is 5.69 Å². The van der Waals surface area contributed by atoms with Gasteiger partial charge in [-0.15, -0.1) is 12.6 Å². The lowest BCUT2D eigenvalue weighted by Gasteiger charge is -2.04. The summed E-state index contributed by atoms with van der Waals surface area (Å²) in [6, 6.07) is 5.04. The van der Waals surface area contributed by atoms with Gasteiger partial charge in [0.15, 0.2) is 0 Å². The number of ether oxygens (including phenoxy) is 1. The van der Waals surface area contributed by atoms with Gasteiger partial charge in [-0.25, -0.2) is 4.99 Å². The number of amidine groups is 1. The molecule has 0 heterocycles. The second-order valence-electron chi connectivity index (χ2n) is 3.03. The molecule has 0 bridgehead atoms. The van der Waals surface area contributed by atoms with Gasteiger partial charge >= 0.3 is 5.97 Å². The Hall–Kier alpha value is -1.69. The van der Waals surface area contributed by atoms with Crippen molar-refractivity contribution in [3.05, 3.63) is 18.2 Å². The van der Waals surface area contributed by atoms with Crippen molar-refractivity contribution in [2.75, 3.05) is 7.11 Å². The molecular formula is C10H12N2O3S. The molecule has 0 amide bonds. The van der Waals surface area contributed by atoms with Crippen molar-refractivity contribution in [3.63, 3.8) is 0 Å². The average molecular weight is 240 g/mol. The maximum atomic E-state index is 10.4. The highest BCUT2D eigenvalue weighted by molar-refractivity contribution is 7.80. The van der Waals surface area contributed by atoms with Crippen molar-refractivity contribution in [1.29, 1.82) is 0 Å². The first-order chi connectivity index (χ1) is 7.52. The second kappa shape index (κ2) is 5.41. The molecule has 0 spiro atoms. The van der Waals surface area contributed by atoms with Crippen LogP contribution < -0.4 is 10.5 Å². The number of rotatable bonds is 4. The fraction of sp³-hybridized carbons (Fsp3) is 0.200. The number of carbonyl (C=O) groups is 1. The highest BCUT2D eigenvalue weighted by Gasteiger charge is 2.04. The topological polar surface area (TPSA) is 84.9 Å². The number of aliphatic carboxylic acids is 1. The first-order valence-electron chi connectivity index (χ1n) is 4.44. The molecule has 0 aliphatic rings. The summed E-state index contributed by atoms with van der Waals surface area (Å²) < 4.78 is 5.00. The van der Waals surface area contributed by atoms with E-state index in [-0.39, 0.29) is 12.3 Å². The van der Waals surface area contributed by atoms with Crippen molar-refractivity contribution in [3.8, 4) is 5.75 Å². The van der Waals surface area contributed by atoms with E-state index in [1.165, 1.54) is 0 Å². The lowest BCUT2D eigenvalue weighted by Crippen LogP contribution is -2.16. The maximum absolute atomic E-state index is 10.4. The van der Waals surface area contributed by atoms with Gasteiger partial charge in [0.25, 0.3) is 0 Å². The summed E-state index contributed by atoms with van der Waals surface area (Å²) in [7, 11) is 1.55. The SMILES string of the molecule is COc1ccc(N=C(N)CC(=O)O)c(S)c1. The zero-order chi connectivity index (χ0) is 12.1. The predicted octanol–water partition coefficient (Wildman–Crippen LogP) is 1.45. The average Bonchev–Trinajstić information content (AvgIpc) is 2.19. The molecule has 0 unspecified atom stereocenters. The second-order valence-corrected chi connectivity index (χ2v) is 3.51. The van der Waals surface area contributed by atoms with E-state index in [9.17, 15) is 4.79 Å². The molecule has 6 heteroatoms. The summed E-state index contributed by atoms with van der Waals surface area (Å²) in [5.41, 5.74) is 5.97. The Labute approximate surface area is 98.4 Å². The van der Waals surface area contributed by atoms with Crippen molar-refractivity contribution < 1.29 is 14.6 Å². The molecule has 1 rings (SSSR count). The van der Waals surface area contributed by atoms with E-state index >= 15 is 0 Å². The van der Waals surface area contributed by atoms with Crippen LogP contribution in [-0.2, 0) is 4.79 Å². The minimum Gasteiger partial charge on any atom is -0.497 e. The number of aliphatic imine (C=N–C) groups is 1. The normalized spacial score (nSPS) is 11.2. The van der Waals surface area contributed by atoms with Gasteiger partial charge in [0.2, 0.25) is 0 Å². The van der Waals surface area contributed by atoms with Crippen LogP contribution in [0.1, 0.15) is 6.42 Å². The molecule has 16 heavy (non-hydrogen) atoms. The number of nitrogens with two attached hydrogens (primary N) is 1. The van der Waals surface area contributed by atoms with Crippen LogP contribution in [-0.4, -0.2) is 24.0 Å². The Balaban J connectivity index is 2.92. The highest BCUT2D eigenvalue weighted by atomic mass is 32.1. The Morgan fingerprint density at radius 3 is 2.81 bits per heavy atom. The van der Waals surface area contributed by atoms with E-state index in [0.29, 0.717) is 16.3 Å². The first-order valence-corrected chi connectivity index (χ1v) is 4.89. The van der Waals surface area contributed by atoms with Crippen molar-refractivity contribution in [2.45, 2.75) is 11.3 Å². The summed E-state index contributed by atoms with van der Waals surface area (Å²) in [5.74, 6) is -0.329. The fourth-order valence-corrected chi connectivity index (χ4v) is 1.33. The zero-order valence-corrected chi connectivity index (χ0v) is 9.57. The molecule has 0 fully saturated rings. The summed E-state index contributed by atoms with van der Waals surface area (Å²) in [6.45, 7) is 0. The smallest absolute Gasteiger partial charge is 0.310 e. The van der Waals surface area contributed by atoms with Gasteiger partial charge in [-0.1, -0.05) is 0 Å². The number of carboxylic acids is 1. The van der Waals surface area contributed by atoms with Gasteiger partial charge in [0.1, 0.15) is 18.0 Å². The third kappa shape index (κ3) is 3.47. The monoisotopic (exact) mass is 240 g/mol. The Morgan fingerprint density at radius 1 is 1.62 bits per heavy atom. The van der Waals surface area contributed by atoms with E-state index in [2.05, 4.69) is 17.6 Å². The predicted molar refractivity (Wildman–Crippen MR) is 63.8 cm³/mol. The number of methoxy groups -OCH3 is 1. The minimum atomic E-state index is -1.02. The van der Waals surface area contributed by atoms with Gasteiger partial charge in [0, 0.05) is 4.90 Å². The molecule has 0 aliphatic heterocycles. The molecule has 0 saturated carbocycles. The van der Waals surface area contributed by atoms with Crippen LogP contribution in [0.2, 0.25) is 0 Å². The summed E-state index contributed by atoms with van der Waals surface area (Å²) in [6.07, 6.45) is -0.292. The third-order valence-corrected chi connectivity index (χ3v) is 2.14. The Morgan fingerprint density at radius 2 is 2.31 bits per heavy atom. The summed E-state index contributed by atoms with van der Waals surface area (Å²) >= 11 is 4.20. The van der Waals surface area contributed by atoms with Crippen molar-refractivity contribution >= 4 is 30.1 Å². The molecule has 0 radical (unpaired) electrons. The molecule has 0 aromatic heterocycles. The number of benzene rings is 1. The molecule has 0 aliphatic carbocycles. The maximum Gasteiger partial charge on any atom is 0.310 e.